The molecule has 110 valence electrons. The van der Waals surface area contributed by atoms with Crippen LogP contribution < -0.4 is 5.32 Å². The lowest BCUT2D eigenvalue weighted by molar-refractivity contribution is 0.429. The monoisotopic (exact) mass is 283 g/mol. The minimum Gasteiger partial charge on any atom is -0.312 e. The summed E-state index contributed by atoms with van der Waals surface area (Å²) >= 11 is 1.81. The molecule has 0 saturated carbocycles. The first-order valence-corrected chi connectivity index (χ1v) is 8.35. The summed E-state index contributed by atoms with van der Waals surface area (Å²) in [4.78, 5) is 0. The van der Waals surface area contributed by atoms with Crippen LogP contribution in [0.5, 0.6) is 0 Å². The Labute approximate surface area is 122 Å². The Morgan fingerprint density at radius 2 is 1.74 bits per heavy atom. The fourth-order valence-corrected chi connectivity index (χ4v) is 3.18. The van der Waals surface area contributed by atoms with Crippen LogP contribution in [0.4, 0.5) is 0 Å². The highest BCUT2D eigenvalue weighted by Gasteiger charge is 2.15. The van der Waals surface area contributed by atoms with Crippen LogP contribution in [0.1, 0.15) is 76.2 Å². The molecule has 0 radical (unpaired) electrons. The molecule has 1 aromatic rings. The van der Waals surface area contributed by atoms with Gasteiger partial charge in [-0.15, -0.1) is 21.5 Å². The zero-order valence-corrected chi connectivity index (χ0v) is 13.9. The molecule has 1 N–H and O–H groups in total. The highest BCUT2D eigenvalue weighted by atomic mass is 32.1. The molecule has 0 spiro atoms. The van der Waals surface area contributed by atoms with Crippen molar-refractivity contribution < 1.29 is 0 Å². The fraction of sp³-hybridized carbons (Fsp3) is 0.867. The van der Waals surface area contributed by atoms with E-state index in [-0.39, 0.29) is 5.54 Å². The Morgan fingerprint density at radius 1 is 1.11 bits per heavy atom. The summed E-state index contributed by atoms with van der Waals surface area (Å²) in [7, 11) is 0. The Kier molecular flexibility index (Phi) is 6.94. The Bertz CT molecular complexity index is 349. The number of aromatic nitrogens is 2. The maximum absolute atomic E-state index is 4.41. The van der Waals surface area contributed by atoms with E-state index in [4.69, 9.17) is 0 Å². The number of rotatable bonds is 8. The minimum atomic E-state index is 0.181. The van der Waals surface area contributed by atoms with Crippen molar-refractivity contribution in [2.75, 3.05) is 6.54 Å². The van der Waals surface area contributed by atoms with E-state index in [1.807, 2.05) is 11.3 Å². The summed E-state index contributed by atoms with van der Waals surface area (Å²) in [6.07, 6.45) is 5.92. The second kappa shape index (κ2) is 7.95. The quantitative estimate of drug-likeness (QED) is 0.778. The molecule has 0 unspecified atom stereocenters. The molecule has 1 rings (SSSR count). The van der Waals surface area contributed by atoms with E-state index < -0.39 is 0 Å². The Balaban J connectivity index is 2.50. The molecule has 0 saturated heterocycles. The molecule has 0 bridgehead atoms. The van der Waals surface area contributed by atoms with E-state index in [0.717, 1.165) is 13.0 Å². The molecule has 0 atom stereocenters. The van der Waals surface area contributed by atoms with Crippen molar-refractivity contribution in [3.63, 3.8) is 0 Å². The zero-order valence-electron chi connectivity index (χ0n) is 13.1. The molecule has 0 aliphatic heterocycles. The Morgan fingerprint density at radius 3 is 2.26 bits per heavy atom. The van der Waals surface area contributed by atoms with Crippen molar-refractivity contribution in [3.8, 4) is 0 Å². The molecule has 0 fully saturated rings. The molecule has 0 aliphatic carbocycles. The summed E-state index contributed by atoms with van der Waals surface area (Å²) in [5.74, 6) is 0.622. The van der Waals surface area contributed by atoms with E-state index in [0.29, 0.717) is 5.92 Å². The van der Waals surface area contributed by atoms with Gasteiger partial charge >= 0.3 is 0 Å². The van der Waals surface area contributed by atoms with Crippen molar-refractivity contribution in [2.24, 2.45) is 0 Å². The molecule has 19 heavy (non-hydrogen) atoms. The molecule has 3 nitrogen and oxygen atoms in total. The summed E-state index contributed by atoms with van der Waals surface area (Å²) in [5, 5.41) is 14.7. The van der Waals surface area contributed by atoms with Gasteiger partial charge in [-0.1, -0.05) is 26.7 Å². The second-order valence-electron chi connectivity index (χ2n) is 6.24. The topological polar surface area (TPSA) is 37.8 Å². The normalized spacial score (nSPS) is 12.3. The van der Waals surface area contributed by atoms with Gasteiger partial charge in [0.15, 0.2) is 0 Å². The van der Waals surface area contributed by atoms with Crippen molar-refractivity contribution >= 4 is 11.3 Å². The third-order valence-electron chi connectivity index (χ3n) is 3.10. The van der Waals surface area contributed by atoms with Crippen molar-refractivity contribution in [1.29, 1.82) is 0 Å². The van der Waals surface area contributed by atoms with E-state index >= 15 is 0 Å². The molecule has 0 amide bonds. The highest BCUT2D eigenvalue weighted by Crippen LogP contribution is 2.28. The van der Waals surface area contributed by atoms with Crippen molar-refractivity contribution in [3.05, 3.63) is 10.0 Å². The van der Waals surface area contributed by atoms with Crippen LogP contribution >= 0.6 is 11.3 Å². The maximum Gasteiger partial charge on any atom is 0.120 e. The molecule has 1 aromatic heterocycles. The van der Waals surface area contributed by atoms with Crippen molar-refractivity contribution in [2.45, 2.75) is 78.2 Å². The van der Waals surface area contributed by atoms with Crippen LogP contribution in [0.2, 0.25) is 0 Å². The average molecular weight is 283 g/mol. The standard InChI is InChI=1S/C15H29N3S/c1-6-8-12(9-7-2)14-18-17-13(19-14)10-11-16-15(3,4)5/h12,16H,6-11H2,1-5H3. The van der Waals surface area contributed by atoms with E-state index in [9.17, 15) is 0 Å². The number of nitrogens with one attached hydrogen (secondary N) is 1. The van der Waals surface area contributed by atoms with Crippen LogP contribution in [-0.4, -0.2) is 22.3 Å². The lowest BCUT2D eigenvalue weighted by Gasteiger charge is -2.19. The minimum absolute atomic E-state index is 0.181. The summed E-state index contributed by atoms with van der Waals surface area (Å²) in [6, 6.07) is 0. The molecular weight excluding hydrogens is 254 g/mol. The molecule has 0 aliphatic rings. The van der Waals surface area contributed by atoms with Crippen LogP contribution in [0.3, 0.4) is 0 Å². The van der Waals surface area contributed by atoms with Crippen LogP contribution in [0.25, 0.3) is 0 Å². The summed E-state index contributed by atoms with van der Waals surface area (Å²) in [6.45, 7) is 12.0. The van der Waals surface area contributed by atoms with E-state index in [1.165, 1.54) is 35.7 Å². The number of nitrogens with zero attached hydrogens (tertiary/aromatic N) is 2. The van der Waals surface area contributed by atoms with Gasteiger partial charge < -0.3 is 5.32 Å². The lowest BCUT2D eigenvalue weighted by atomic mass is 9.99. The first-order chi connectivity index (χ1) is 8.96. The van der Waals surface area contributed by atoms with Gasteiger partial charge in [-0.3, -0.25) is 0 Å². The van der Waals surface area contributed by atoms with Gasteiger partial charge in [0, 0.05) is 24.4 Å². The maximum atomic E-state index is 4.41. The SMILES string of the molecule is CCCC(CCC)c1nnc(CCNC(C)(C)C)s1. The largest absolute Gasteiger partial charge is 0.312 e. The highest BCUT2D eigenvalue weighted by molar-refractivity contribution is 7.11. The fourth-order valence-electron chi connectivity index (χ4n) is 2.17. The van der Waals surface area contributed by atoms with Crippen molar-refractivity contribution in [1.82, 2.24) is 15.5 Å². The predicted octanol–water partition coefficient (Wildman–Crippen LogP) is 4.15. The zero-order chi connectivity index (χ0) is 14.3. The first kappa shape index (κ1) is 16.6. The smallest absolute Gasteiger partial charge is 0.120 e. The summed E-state index contributed by atoms with van der Waals surface area (Å²) < 4.78 is 0. The molecule has 1 heterocycles. The van der Waals surface area contributed by atoms with Gasteiger partial charge in [-0.05, 0) is 33.6 Å². The van der Waals surface area contributed by atoms with Gasteiger partial charge in [0.05, 0.1) is 0 Å². The first-order valence-electron chi connectivity index (χ1n) is 7.53. The van der Waals surface area contributed by atoms with Gasteiger partial charge in [-0.2, -0.15) is 0 Å². The molecule has 4 heteroatoms. The Hall–Kier alpha value is -0.480. The van der Waals surface area contributed by atoms with E-state index in [2.05, 4.69) is 50.1 Å². The average Bonchev–Trinajstić information content (AvgIpc) is 2.76. The number of hydrogen-bond acceptors (Lipinski definition) is 4. The van der Waals surface area contributed by atoms with Crippen LogP contribution in [0.15, 0.2) is 0 Å². The van der Waals surface area contributed by atoms with Gasteiger partial charge in [0.1, 0.15) is 10.0 Å². The van der Waals surface area contributed by atoms with Gasteiger partial charge in [0.2, 0.25) is 0 Å². The lowest BCUT2D eigenvalue weighted by Crippen LogP contribution is -2.37. The predicted molar refractivity (Wildman–Crippen MR) is 83.9 cm³/mol. The summed E-state index contributed by atoms with van der Waals surface area (Å²) in [5.41, 5.74) is 0.181. The third-order valence-corrected chi connectivity index (χ3v) is 4.25. The van der Waals surface area contributed by atoms with Gasteiger partial charge in [0.25, 0.3) is 0 Å². The van der Waals surface area contributed by atoms with Crippen LogP contribution in [-0.2, 0) is 6.42 Å². The molecule has 0 aromatic carbocycles. The second-order valence-corrected chi connectivity index (χ2v) is 7.33. The third kappa shape index (κ3) is 6.48. The van der Waals surface area contributed by atoms with Gasteiger partial charge in [-0.25, -0.2) is 0 Å². The van der Waals surface area contributed by atoms with Crippen LogP contribution in [0, 0.1) is 0 Å². The number of hydrogen-bond donors (Lipinski definition) is 1. The molecular formula is C15H29N3S. The van der Waals surface area contributed by atoms with E-state index in [1.54, 1.807) is 0 Å².